The SMILES string of the molecule is Cc1cnc(-c2ccccc2)n1CCC1CCN(C(=O)c2ccco2)CC1. The topological polar surface area (TPSA) is 51.3 Å². The highest BCUT2D eigenvalue weighted by molar-refractivity contribution is 5.91. The van der Waals surface area contributed by atoms with Gasteiger partial charge in [0.25, 0.3) is 5.91 Å². The first-order valence-electron chi connectivity index (χ1n) is 9.62. The van der Waals surface area contributed by atoms with Gasteiger partial charge in [-0.15, -0.1) is 0 Å². The van der Waals surface area contributed by atoms with Gasteiger partial charge >= 0.3 is 0 Å². The Morgan fingerprint density at radius 2 is 1.93 bits per heavy atom. The molecule has 1 saturated heterocycles. The second kappa shape index (κ2) is 7.82. The summed E-state index contributed by atoms with van der Waals surface area (Å²) in [5, 5.41) is 0. The zero-order valence-electron chi connectivity index (χ0n) is 15.7. The average molecular weight is 363 g/mol. The van der Waals surface area contributed by atoms with Crippen LogP contribution in [0.15, 0.2) is 59.3 Å². The maximum atomic E-state index is 12.4. The van der Waals surface area contributed by atoms with Crippen molar-refractivity contribution < 1.29 is 9.21 Å². The number of hydrogen-bond acceptors (Lipinski definition) is 3. The Hall–Kier alpha value is -2.82. The standard InChI is InChI=1S/C22H25N3O2/c1-17-16-23-21(19-6-3-2-4-7-19)25(17)14-11-18-9-12-24(13-10-18)22(26)20-8-5-15-27-20/h2-8,15-16,18H,9-14H2,1H3. The van der Waals surface area contributed by atoms with Gasteiger partial charge in [0.1, 0.15) is 5.82 Å². The Morgan fingerprint density at radius 3 is 2.63 bits per heavy atom. The lowest BCUT2D eigenvalue weighted by molar-refractivity contribution is 0.0653. The summed E-state index contributed by atoms with van der Waals surface area (Å²) >= 11 is 0. The van der Waals surface area contributed by atoms with Gasteiger partial charge in [0, 0.05) is 37.1 Å². The molecular formula is C22H25N3O2. The van der Waals surface area contributed by atoms with Crippen molar-refractivity contribution in [2.45, 2.75) is 32.7 Å². The number of aromatic nitrogens is 2. The van der Waals surface area contributed by atoms with E-state index in [-0.39, 0.29) is 5.91 Å². The Morgan fingerprint density at radius 1 is 1.15 bits per heavy atom. The molecule has 4 rings (SSSR count). The monoisotopic (exact) mass is 363 g/mol. The second-order valence-corrected chi connectivity index (χ2v) is 7.24. The number of aryl methyl sites for hydroxylation is 1. The molecule has 0 radical (unpaired) electrons. The van der Waals surface area contributed by atoms with Gasteiger partial charge in [-0.25, -0.2) is 4.98 Å². The summed E-state index contributed by atoms with van der Waals surface area (Å²) < 4.78 is 7.55. The molecule has 0 aliphatic carbocycles. The number of imidazole rings is 1. The molecule has 1 aromatic carbocycles. The van der Waals surface area contributed by atoms with Gasteiger partial charge in [0.2, 0.25) is 0 Å². The summed E-state index contributed by atoms with van der Waals surface area (Å²) in [6.07, 6.45) is 6.70. The summed E-state index contributed by atoms with van der Waals surface area (Å²) in [6, 6.07) is 13.8. The summed E-state index contributed by atoms with van der Waals surface area (Å²) in [6.45, 7) is 4.69. The molecule has 0 spiro atoms. The third-order valence-electron chi connectivity index (χ3n) is 5.48. The molecule has 27 heavy (non-hydrogen) atoms. The van der Waals surface area contributed by atoms with E-state index in [1.165, 1.54) is 5.69 Å². The van der Waals surface area contributed by atoms with Crippen LogP contribution in [0, 0.1) is 12.8 Å². The van der Waals surface area contributed by atoms with E-state index in [0.717, 1.165) is 50.3 Å². The minimum atomic E-state index is 0.00951. The number of piperidine rings is 1. The first kappa shape index (κ1) is 17.6. The van der Waals surface area contributed by atoms with Gasteiger partial charge < -0.3 is 13.9 Å². The highest BCUT2D eigenvalue weighted by atomic mass is 16.3. The van der Waals surface area contributed by atoms with Crippen LogP contribution in [0.1, 0.15) is 35.5 Å². The molecule has 1 aliphatic heterocycles. The highest BCUT2D eigenvalue weighted by Gasteiger charge is 2.25. The van der Waals surface area contributed by atoms with Crippen molar-refractivity contribution in [1.82, 2.24) is 14.5 Å². The summed E-state index contributed by atoms with van der Waals surface area (Å²) in [5.41, 5.74) is 2.35. The van der Waals surface area contributed by atoms with E-state index in [1.54, 1.807) is 18.4 Å². The van der Waals surface area contributed by atoms with Crippen LogP contribution in [0.2, 0.25) is 0 Å². The first-order chi connectivity index (χ1) is 13.2. The van der Waals surface area contributed by atoms with Crippen LogP contribution in [0.5, 0.6) is 0 Å². The molecule has 0 unspecified atom stereocenters. The van der Waals surface area contributed by atoms with Gasteiger partial charge in [-0.2, -0.15) is 0 Å². The Bertz CT molecular complexity index is 876. The van der Waals surface area contributed by atoms with E-state index in [9.17, 15) is 4.79 Å². The van der Waals surface area contributed by atoms with Crippen molar-refractivity contribution in [1.29, 1.82) is 0 Å². The summed E-state index contributed by atoms with van der Waals surface area (Å²) in [7, 11) is 0. The van der Waals surface area contributed by atoms with Crippen LogP contribution in [-0.4, -0.2) is 33.4 Å². The van der Waals surface area contributed by atoms with E-state index >= 15 is 0 Å². The lowest BCUT2D eigenvalue weighted by Gasteiger charge is -2.31. The van der Waals surface area contributed by atoms with Crippen LogP contribution in [0.25, 0.3) is 11.4 Å². The van der Waals surface area contributed by atoms with Gasteiger partial charge in [0.05, 0.1) is 6.26 Å². The third-order valence-corrected chi connectivity index (χ3v) is 5.48. The lowest BCUT2D eigenvalue weighted by atomic mass is 9.93. The number of likely N-dealkylation sites (tertiary alicyclic amines) is 1. The Balaban J connectivity index is 1.35. The van der Waals surface area contributed by atoms with Crippen LogP contribution in [0.3, 0.4) is 0 Å². The maximum Gasteiger partial charge on any atom is 0.289 e. The predicted octanol–water partition coefficient (Wildman–Crippen LogP) is 4.39. The van der Waals surface area contributed by atoms with E-state index in [0.29, 0.717) is 11.7 Å². The maximum absolute atomic E-state index is 12.4. The molecule has 1 amide bonds. The molecule has 3 heterocycles. The molecule has 0 atom stereocenters. The zero-order valence-corrected chi connectivity index (χ0v) is 15.7. The summed E-state index contributed by atoms with van der Waals surface area (Å²) in [5.74, 6) is 2.12. The minimum absolute atomic E-state index is 0.00951. The fraction of sp³-hybridized carbons (Fsp3) is 0.364. The number of carbonyl (C=O) groups excluding carboxylic acids is 1. The van der Waals surface area contributed by atoms with Gasteiger partial charge in [-0.1, -0.05) is 30.3 Å². The van der Waals surface area contributed by atoms with E-state index in [4.69, 9.17) is 4.42 Å². The number of carbonyl (C=O) groups is 1. The Labute approximate surface area is 159 Å². The van der Waals surface area contributed by atoms with Crippen LogP contribution >= 0.6 is 0 Å². The molecule has 0 bridgehead atoms. The van der Waals surface area contributed by atoms with Crippen molar-refractivity contribution >= 4 is 5.91 Å². The fourth-order valence-corrected chi connectivity index (χ4v) is 3.85. The highest BCUT2D eigenvalue weighted by Crippen LogP contribution is 2.25. The third kappa shape index (κ3) is 3.82. The van der Waals surface area contributed by atoms with Crippen molar-refractivity contribution in [3.8, 4) is 11.4 Å². The molecule has 5 nitrogen and oxygen atoms in total. The normalized spacial score (nSPS) is 15.2. The number of amides is 1. The first-order valence-corrected chi connectivity index (χ1v) is 9.62. The molecule has 2 aromatic heterocycles. The quantitative estimate of drug-likeness (QED) is 0.675. The molecule has 5 heteroatoms. The number of hydrogen-bond donors (Lipinski definition) is 0. The van der Waals surface area contributed by atoms with Gasteiger partial charge in [-0.3, -0.25) is 4.79 Å². The van der Waals surface area contributed by atoms with E-state index in [2.05, 4.69) is 40.7 Å². The van der Waals surface area contributed by atoms with Crippen LogP contribution < -0.4 is 0 Å². The number of furan rings is 1. The second-order valence-electron chi connectivity index (χ2n) is 7.24. The lowest BCUT2D eigenvalue weighted by Crippen LogP contribution is -2.38. The average Bonchev–Trinajstić information content (AvgIpc) is 3.37. The van der Waals surface area contributed by atoms with Crippen molar-refractivity contribution in [2.24, 2.45) is 5.92 Å². The van der Waals surface area contributed by atoms with Crippen molar-refractivity contribution in [3.05, 3.63) is 66.4 Å². The number of rotatable bonds is 5. The minimum Gasteiger partial charge on any atom is -0.459 e. The molecule has 1 aliphatic rings. The fourth-order valence-electron chi connectivity index (χ4n) is 3.85. The van der Waals surface area contributed by atoms with Crippen LogP contribution in [0.4, 0.5) is 0 Å². The van der Waals surface area contributed by atoms with Crippen LogP contribution in [-0.2, 0) is 6.54 Å². The number of nitrogens with zero attached hydrogens (tertiary/aromatic N) is 3. The molecule has 0 N–H and O–H groups in total. The molecule has 1 fully saturated rings. The number of benzene rings is 1. The molecular weight excluding hydrogens is 338 g/mol. The van der Waals surface area contributed by atoms with E-state index in [1.807, 2.05) is 17.2 Å². The zero-order chi connectivity index (χ0) is 18.6. The van der Waals surface area contributed by atoms with Gasteiger partial charge in [0.15, 0.2) is 5.76 Å². The van der Waals surface area contributed by atoms with Crippen molar-refractivity contribution in [3.63, 3.8) is 0 Å². The summed E-state index contributed by atoms with van der Waals surface area (Å²) in [4.78, 5) is 18.9. The molecule has 140 valence electrons. The smallest absolute Gasteiger partial charge is 0.289 e. The largest absolute Gasteiger partial charge is 0.459 e. The molecule has 0 saturated carbocycles. The van der Waals surface area contributed by atoms with Crippen molar-refractivity contribution in [2.75, 3.05) is 13.1 Å². The van der Waals surface area contributed by atoms with Gasteiger partial charge in [-0.05, 0) is 44.2 Å². The Kier molecular flexibility index (Phi) is 5.10. The predicted molar refractivity (Wildman–Crippen MR) is 104 cm³/mol. The molecule has 3 aromatic rings. The van der Waals surface area contributed by atoms with E-state index < -0.39 is 0 Å².